The van der Waals surface area contributed by atoms with Gasteiger partial charge >= 0.3 is 6.18 Å². The Morgan fingerprint density at radius 2 is 1.81 bits per heavy atom. The SMILES string of the molecule is C[Si](C)(C)c1ccc2cc(C(=O)Nc3cnc4[nH]ccc4c3)n(Cc3ccccc3C(F)(F)F)c2c1. The number of halogens is 3. The second-order valence-corrected chi connectivity index (χ2v) is 15.0. The predicted octanol–water partition coefficient (Wildman–Crippen LogP) is 6.38. The molecule has 5 aromatic rings. The number of fused-ring (bicyclic) bond motifs is 2. The van der Waals surface area contributed by atoms with Gasteiger partial charge in [0.15, 0.2) is 0 Å². The van der Waals surface area contributed by atoms with Crippen LogP contribution in [0.3, 0.4) is 0 Å². The van der Waals surface area contributed by atoms with E-state index in [-0.39, 0.29) is 17.8 Å². The molecule has 0 unspecified atom stereocenters. The summed E-state index contributed by atoms with van der Waals surface area (Å²) in [5, 5.41) is 5.66. The zero-order valence-electron chi connectivity index (χ0n) is 20.1. The van der Waals surface area contributed by atoms with Crippen LogP contribution in [0, 0.1) is 0 Å². The summed E-state index contributed by atoms with van der Waals surface area (Å²) in [5.74, 6) is -0.415. The molecular formula is C27H25F3N4OSi. The minimum atomic E-state index is -4.50. The molecule has 2 N–H and O–H groups in total. The van der Waals surface area contributed by atoms with E-state index in [4.69, 9.17) is 0 Å². The summed E-state index contributed by atoms with van der Waals surface area (Å²) in [7, 11) is -1.71. The van der Waals surface area contributed by atoms with E-state index in [0.29, 0.717) is 11.3 Å². The highest BCUT2D eigenvalue weighted by atomic mass is 28.3. The maximum Gasteiger partial charge on any atom is 0.416 e. The fraction of sp³-hybridized carbons (Fsp3) is 0.185. The van der Waals surface area contributed by atoms with Crippen LogP contribution in [-0.4, -0.2) is 28.5 Å². The number of carbonyl (C=O) groups is 1. The van der Waals surface area contributed by atoms with Gasteiger partial charge in [-0.25, -0.2) is 4.98 Å². The Hall–Kier alpha value is -3.85. The lowest BCUT2D eigenvalue weighted by Crippen LogP contribution is -2.37. The monoisotopic (exact) mass is 506 g/mol. The van der Waals surface area contributed by atoms with E-state index in [1.807, 2.05) is 24.3 Å². The smallest absolute Gasteiger partial charge is 0.346 e. The van der Waals surface area contributed by atoms with Gasteiger partial charge in [0.25, 0.3) is 5.91 Å². The largest absolute Gasteiger partial charge is 0.416 e. The van der Waals surface area contributed by atoms with Gasteiger partial charge in [-0.15, -0.1) is 0 Å². The van der Waals surface area contributed by atoms with Crippen LogP contribution in [0.25, 0.3) is 21.9 Å². The van der Waals surface area contributed by atoms with E-state index in [0.717, 1.165) is 27.5 Å². The fourth-order valence-electron chi connectivity index (χ4n) is 4.39. The molecule has 2 aromatic carbocycles. The van der Waals surface area contributed by atoms with E-state index in [9.17, 15) is 18.0 Å². The van der Waals surface area contributed by atoms with Crippen molar-refractivity contribution in [2.45, 2.75) is 32.4 Å². The summed E-state index contributed by atoms with van der Waals surface area (Å²) in [6.07, 6.45) is -1.19. The van der Waals surface area contributed by atoms with Crippen LogP contribution in [-0.2, 0) is 12.7 Å². The Kier molecular flexibility index (Phi) is 5.75. The first-order chi connectivity index (χ1) is 17.0. The first-order valence-corrected chi connectivity index (χ1v) is 15.0. The maximum absolute atomic E-state index is 13.8. The summed E-state index contributed by atoms with van der Waals surface area (Å²) in [4.78, 5) is 20.8. The van der Waals surface area contributed by atoms with E-state index in [1.54, 1.807) is 35.2 Å². The number of pyridine rings is 1. The molecule has 0 aliphatic carbocycles. The highest BCUT2D eigenvalue weighted by molar-refractivity contribution is 6.88. The molecule has 0 radical (unpaired) electrons. The van der Waals surface area contributed by atoms with Crippen LogP contribution in [0.4, 0.5) is 18.9 Å². The van der Waals surface area contributed by atoms with Crippen molar-refractivity contribution >= 4 is 46.8 Å². The number of hydrogen-bond acceptors (Lipinski definition) is 2. The molecule has 0 fully saturated rings. The van der Waals surface area contributed by atoms with Crippen LogP contribution < -0.4 is 10.5 Å². The van der Waals surface area contributed by atoms with Crippen LogP contribution >= 0.6 is 0 Å². The second kappa shape index (κ2) is 8.67. The maximum atomic E-state index is 13.8. The van der Waals surface area contributed by atoms with Crippen LogP contribution in [0.1, 0.15) is 21.6 Å². The topological polar surface area (TPSA) is 62.7 Å². The highest BCUT2D eigenvalue weighted by Crippen LogP contribution is 2.33. The van der Waals surface area contributed by atoms with Crippen molar-refractivity contribution in [3.63, 3.8) is 0 Å². The summed E-state index contributed by atoms with van der Waals surface area (Å²) >= 11 is 0. The van der Waals surface area contributed by atoms with E-state index in [2.05, 4.69) is 34.9 Å². The average molecular weight is 507 g/mol. The number of nitrogens with zero attached hydrogens (tertiary/aromatic N) is 2. The molecule has 3 heterocycles. The normalized spacial score (nSPS) is 12.4. The summed E-state index contributed by atoms with van der Waals surface area (Å²) in [5.41, 5.74) is 1.61. The quantitative estimate of drug-likeness (QED) is 0.272. The van der Waals surface area contributed by atoms with Gasteiger partial charge in [0, 0.05) is 29.0 Å². The van der Waals surface area contributed by atoms with Crippen LogP contribution in [0.15, 0.2) is 73.1 Å². The van der Waals surface area contributed by atoms with Gasteiger partial charge in [0.05, 0.1) is 25.5 Å². The van der Waals surface area contributed by atoms with Gasteiger partial charge in [-0.2, -0.15) is 13.2 Å². The fourth-order valence-corrected chi connectivity index (χ4v) is 5.54. The number of H-pyrrole nitrogens is 1. The van der Waals surface area contributed by atoms with E-state index < -0.39 is 25.7 Å². The Bertz CT molecular complexity index is 1590. The van der Waals surface area contributed by atoms with Gasteiger partial charge in [0.2, 0.25) is 0 Å². The number of benzene rings is 2. The molecule has 3 aromatic heterocycles. The second-order valence-electron chi connectivity index (χ2n) is 9.89. The minimum Gasteiger partial charge on any atom is -0.346 e. The molecular weight excluding hydrogens is 481 g/mol. The van der Waals surface area contributed by atoms with Crippen LogP contribution in [0.2, 0.25) is 19.6 Å². The lowest BCUT2D eigenvalue weighted by Gasteiger charge is -2.19. The summed E-state index contributed by atoms with van der Waals surface area (Å²) < 4.78 is 43.0. The molecule has 36 heavy (non-hydrogen) atoms. The number of nitrogens with one attached hydrogen (secondary N) is 2. The highest BCUT2D eigenvalue weighted by Gasteiger charge is 2.33. The first-order valence-electron chi connectivity index (χ1n) is 11.5. The molecule has 5 rings (SSSR count). The van der Waals surface area contributed by atoms with E-state index >= 15 is 0 Å². The number of aromatic amines is 1. The van der Waals surface area contributed by atoms with E-state index in [1.165, 1.54) is 12.1 Å². The predicted molar refractivity (Wildman–Crippen MR) is 140 cm³/mol. The number of carbonyl (C=O) groups excluding carboxylic acids is 1. The van der Waals surface area contributed by atoms with Crippen molar-refractivity contribution in [2.24, 2.45) is 0 Å². The molecule has 0 aliphatic heterocycles. The summed E-state index contributed by atoms with van der Waals surface area (Å²) in [6, 6.07) is 16.9. The molecule has 0 saturated heterocycles. The third kappa shape index (κ3) is 4.54. The Morgan fingerprint density at radius 1 is 1.03 bits per heavy atom. The number of rotatable bonds is 5. The number of hydrogen-bond donors (Lipinski definition) is 2. The molecule has 1 amide bonds. The Balaban J connectivity index is 1.62. The lowest BCUT2D eigenvalue weighted by atomic mass is 10.1. The van der Waals surface area contributed by atoms with Crippen molar-refractivity contribution < 1.29 is 18.0 Å². The van der Waals surface area contributed by atoms with Crippen molar-refractivity contribution in [1.82, 2.24) is 14.5 Å². The third-order valence-corrected chi connectivity index (χ3v) is 8.36. The van der Waals surface area contributed by atoms with Gasteiger partial charge in [0.1, 0.15) is 11.3 Å². The lowest BCUT2D eigenvalue weighted by molar-refractivity contribution is -0.138. The van der Waals surface area contributed by atoms with Crippen molar-refractivity contribution in [3.8, 4) is 0 Å². The molecule has 9 heteroatoms. The molecule has 5 nitrogen and oxygen atoms in total. The number of amides is 1. The molecule has 0 atom stereocenters. The third-order valence-electron chi connectivity index (χ3n) is 6.31. The minimum absolute atomic E-state index is 0.0911. The zero-order valence-corrected chi connectivity index (χ0v) is 21.1. The number of alkyl halides is 3. The van der Waals surface area contributed by atoms with Crippen molar-refractivity contribution in [2.75, 3.05) is 5.32 Å². The van der Waals surface area contributed by atoms with Gasteiger partial charge in [-0.1, -0.05) is 55.2 Å². The zero-order chi connectivity index (χ0) is 25.7. The molecule has 0 spiro atoms. The summed E-state index contributed by atoms with van der Waals surface area (Å²) in [6.45, 7) is 6.53. The molecule has 0 bridgehead atoms. The first kappa shape index (κ1) is 23.9. The standard InChI is InChI=1S/C27H25F3N4OSi/c1-36(2,3)21-9-8-17-13-24(26(35)33-20-12-18-10-11-31-25(18)32-15-20)34(23(17)14-21)16-19-6-4-5-7-22(19)27(28,29)30/h4-15H,16H2,1-3H3,(H,31,32)(H,33,35). The average Bonchev–Trinajstić information content (AvgIpc) is 3.42. The van der Waals surface area contributed by atoms with Gasteiger partial charge in [-0.05, 0) is 35.9 Å². The van der Waals surface area contributed by atoms with Gasteiger partial charge in [-0.3, -0.25) is 4.79 Å². The van der Waals surface area contributed by atoms with Crippen molar-refractivity contribution in [3.05, 3.63) is 89.9 Å². The van der Waals surface area contributed by atoms with Crippen LogP contribution in [0.5, 0.6) is 0 Å². The number of aromatic nitrogens is 3. The molecule has 0 aliphatic rings. The van der Waals surface area contributed by atoms with Crippen molar-refractivity contribution in [1.29, 1.82) is 0 Å². The Labute approximate surface area is 207 Å². The Morgan fingerprint density at radius 3 is 2.56 bits per heavy atom. The number of anilines is 1. The molecule has 184 valence electrons. The van der Waals surface area contributed by atoms with Gasteiger partial charge < -0.3 is 14.9 Å². The molecule has 0 saturated carbocycles.